The van der Waals surface area contributed by atoms with Gasteiger partial charge in [-0.15, -0.1) is 0 Å². The minimum absolute atomic E-state index is 0.0658. The van der Waals surface area contributed by atoms with Crippen LogP contribution < -0.4 is 4.74 Å². The van der Waals surface area contributed by atoms with Crippen LogP contribution in [0.5, 0.6) is 11.5 Å². The van der Waals surface area contributed by atoms with E-state index in [9.17, 15) is 18.3 Å². The van der Waals surface area contributed by atoms with Gasteiger partial charge in [-0.05, 0) is 49.2 Å². The maximum absolute atomic E-state index is 12.6. The van der Waals surface area contributed by atoms with E-state index in [1.54, 1.807) is 24.3 Å². The van der Waals surface area contributed by atoms with Gasteiger partial charge in [-0.1, -0.05) is 18.2 Å². The molecule has 1 fully saturated rings. The van der Waals surface area contributed by atoms with Crippen LogP contribution in [0.25, 0.3) is 0 Å². The molecule has 1 heterocycles. The third-order valence-electron chi connectivity index (χ3n) is 3.90. The number of benzene rings is 2. The Morgan fingerprint density at radius 3 is 2.29 bits per heavy atom. The summed E-state index contributed by atoms with van der Waals surface area (Å²) in [7, 11) is -3.83. The minimum atomic E-state index is -3.83. The first kappa shape index (κ1) is 16.5. The Labute approximate surface area is 140 Å². The molecule has 24 heavy (non-hydrogen) atoms. The molecule has 3 rings (SSSR count). The molecule has 126 valence electrons. The molecular weight excluding hydrogens is 330 g/mol. The molecule has 0 aliphatic carbocycles. The number of rotatable bonds is 5. The van der Waals surface area contributed by atoms with Crippen molar-refractivity contribution in [2.75, 3.05) is 6.54 Å². The number of aliphatic carboxylic acids is 1. The number of nitrogens with zero attached hydrogens (tertiary/aromatic N) is 1. The SMILES string of the molecule is O=C(O)C1CCCN1S(=O)(=O)c1ccc(Oc2ccccc2)cc1. The van der Waals surface area contributed by atoms with Crippen molar-refractivity contribution in [1.29, 1.82) is 0 Å². The first-order chi connectivity index (χ1) is 11.5. The average Bonchev–Trinajstić information content (AvgIpc) is 3.07. The summed E-state index contributed by atoms with van der Waals surface area (Å²) in [5, 5.41) is 9.18. The molecule has 0 bridgehead atoms. The number of carboxylic acids is 1. The molecule has 0 spiro atoms. The van der Waals surface area contributed by atoms with Gasteiger partial charge >= 0.3 is 5.97 Å². The van der Waals surface area contributed by atoms with Crippen molar-refractivity contribution >= 4 is 16.0 Å². The zero-order valence-corrected chi connectivity index (χ0v) is 13.6. The van der Waals surface area contributed by atoms with Crippen LogP contribution in [0.4, 0.5) is 0 Å². The van der Waals surface area contributed by atoms with Gasteiger partial charge in [-0.2, -0.15) is 4.31 Å². The molecule has 0 amide bonds. The minimum Gasteiger partial charge on any atom is -0.480 e. The number of ether oxygens (including phenoxy) is 1. The lowest BCUT2D eigenvalue weighted by Gasteiger charge is -2.21. The van der Waals surface area contributed by atoms with Crippen LogP contribution >= 0.6 is 0 Å². The molecule has 1 aliphatic heterocycles. The molecule has 1 atom stereocenters. The summed E-state index contributed by atoms with van der Waals surface area (Å²) >= 11 is 0. The molecule has 1 aliphatic rings. The molecule has 0 aromatic heterocycles. The van der Waals surface area contributed by atoms with Gasteiger partial charge < -0.3 is 9.84 Å². The van der Waals surface area contributed by atoms with Crippen LogP contribution in [0.1, 0.15) is 12.8 Å². The van der Waals surface area contributed by atoms with Crippen molar-refractivity contribution in [3.8, 4) is 11.5 Å². The van der Waals surface area contributed by atoms with Crippen molar-refractivity contribution in [3.63, 3.8) is 0 Å². The lowest BCUT2D eigenvalue weighted by molar-refractivity contribution is -0.140. The van der Waals surface area contributed by atoms with E-state index < -0.39 is 22.0 Å². The third kappa shape index (κ3) is 3.27. The zero-order chi connectivity index (χ0) is 17.2. The number of hydrogen-bond donors (Lipinski definition) is 1. The Hall–Kier alpha value is -2.38. The van der Waals surface area contributed by atoms with E-state index in [0.29, 0.717) is 24.3 Å². The van der Waals surface area contributed by atoms with Crippen molar-refractivity contribution in [1.82, 2.24) is 4.31 Å². The molecule has 0 radical (unpaired) electrons. The topological polar surface area (TPSA) is 83.9 Å². The number of sulfonamides is 1. The zero-order valence-electron chi connectivity index (χ0n) is 12.8. The summed E-state index contributed by atoms with van der Waals surface area (Å²) < 4.78 is 32.0. The average molecular weight is 347 g/mol. The maximum Gasteiger partial charge on any atom is 0.322 e. The first-order valence-corrected chi connectivity index (χ1v) is 9.00. The van der Waals surface area contributed by atoms with Crippen LogP contribution in [0.2, 0.25) is 0 Å². The smallest absolute Gasteiger partial charge is 0.322 e. The Morgan fingerprint density at radius 2 is 1.67 bits per heavy atom. The second-order valence-corrected chi connectivity index (χ2v) is 7.39. The first-order valence-electron chi connectivity index (χ1n) is 7.56. The normalized spacial score (nSPS) is 18.4. The van der Waals surface area contributed by atoms with Crippen LogP contribution in [-0.2, 0) is 14.8 Å². The molecule has 2 aromatic carbocycles. The van der Waals surface area contributed by atoms with E-state index in [4.69, 9.17) is 4.74 Å². The summed E-state index contributed by atoms with van der Waals surface area (Å²) in [5.41, 5.74) is 0. The van der Waals surface area contributed by atoms with Gasteiger partial charge in [0.2, 0.25) is 10.0 Å². The van der Waals surface area contributed by atoms with E-state index in [2.05, 4.69) is 0 Å². The van der Waals surface area contributed by atoms with E-state index in [1.807, 2.05) is 18.2 Å². The summed E-state index contributed by atoms with van der Waals surface area (Å²) in [6.45, 7) is 0.224. The second kappa shape index (κ2) is 6.62. The van der Waals surface area contributed by atoms with E-state index >= 15 is 0 Å². The highest BCUT2D eigenvalue weighted by molar-refractivity contribution is 7.89. The molecule has 6 nitrogen and oxygen atoms in total. The van der Waals surface area contributed by atoms with E-state index in [-0.39, 0.29) is 11.4 Å². The van der Waals surface area contributed by atoms with Gasteiger partial charge in [0, 0.05) is 6.54 Å². The number of para-hydroxylation sites is 1. The summed E-state index contributed by atoms with van der Waals surface area (Å²) in [6.07, 6.45) is 0.884. The van der Waals surface area contributed by atoms with Crippen molar-refractivity contribution in [3.05, 3.63) is 54.6 Å². The van der Waals surface area contributed by atoms with Gasteiger partial charge in [0.15, 0.2) is 0 Å². The Bertz CT molecular complexity index is 818. The Kier molecular flexibility index (Phi) is 4.55. The van der Waals surface area contributed by atoms with Crippen LogP contribution in [0.15, 0.2) is 59.5 Å². The van der Waals surface area contributed by atoms with E-state index in [0.717, 1.165) is 4.31 Å². The standard InChI is InChI=1S/C17H17NO5S/c19-17(20)16-7-4-12-18(16)24(21,22)15-10-8-14(9-11-15)23-13-5-2-1-3-6-13/h1-3,5-6,8-11,16H,4,7,12H2,(H,19,20). The van der Waals surface area contributed by atoms with Gasteiger partial charge in [-0.25, -0.2) is 8.42 Å². The number of carboxylic acid groups (broad SMARTS) is 1. The molecule has 1 N–H and O–H groups in total. The fourth-order valence-electron chi connectivity index (χ4n) is 2.71. The lowest BCUT2D eigenvalue weighted by Crippen LogP contribution is -2.40. The molecule has 1 saturated heterocycles. The van der Waals surface area contributed by atoms with E-state index in [1.165, 1.54) is 12.1 Å². The highest BCUT2D eigenvalue weighted by atomic mass is 32.2. The number of carbonyl (C=O) groups is 1. The molecular formula is C17H17NO5S. The maximum atomic E-state index is 12.6. The molecule has 7 heteroatoms. The monoisotopic (exact) mass is 347 g/mol. The lowest BCUT2D eigenvalue weighted by atomic mass is 10.2. The summed E-state index contributed by atoms with van der Waals surface area (Å²) in [6, 6.07) is 14.2. The van der Waals surface area contributed by atoms with Crippen molar-refractivity contribution in [2.45, 2.75) is 23.8 Å². The Balaban J connectivity index is 1.81. The van der Waals surface area contributed by atoms with Gasteiger partial charge in [0.05, 0.1) is 4.90 Å². The Morgan fingerprint density at radius 1 is 1.04 bits per heavy atom. The summed E-state index contributed by atoms with van der Waals surface area (Å²) in [5.74, 6) is 0.0510. The molecule has 2 aromatic rings. The molecule has 0 saturated carbocycles. The number of hydrogen-bond acceptors (Lipinski definition) is 4. The van der Waals surface area contributed by atoms with Crippen LogP contribution in [-0.4, -0.2) is 36.4 Å². The predicted molar refractivity (Wildman–Crippen MR) is 87.5 cm³/mol. The predicted octanol–water partition coefficient (Wildman–Crippen LogP) is 2.72. The molecule has 1 unspecified atom stereocenters. The van der Waals surface area contributed by atoms with Crippen LogP contribution in [0.3, 0.4) is 0 Å². The summed E-state index contributed by atoms with van der Waals surface area (Å²) in [4.78, 5) is 11.3. The van der Waals surface area contributed by atoms with Crippen molar-refractivity contribution in [2.24, 2.45) is 0 Å². The highest BCUT2D eigenvalue weighted by Crippen LogP contribution is 2.28. The van der Waals surface area contributed by atoms with Gasteiger partial charge in [0.25, 0.3) is 0 Å². The fourth-order valence-corrected chi connectivity index (χ4v) is 4.37. The second-order valence-electron chi connectivity index (χ2n) is 5.50. The fraction of sp³-hybridized carbons (Fsp3) is 0.235. The quantitative estimate of drug-likeness (QED) is 0.899. The van der Waals surface area contributed by atoms with Gasteiger partial charge in [-0.3, -0.25) is 4.79 Å². The van der Waals surface area contributed by atoms with Crippen LogP contribution in [0, 0.1) is 0 Å². The highest BCUT2D eigenvalue weighted by Gasteiger charge is 2.39. The van der Waals surface area contributed by atoms with Crippen molar-refractivity contribution < 1.29 is 23.1 Å². The largest absolute Gasteiger partial charge is 0.480 e. The van der Waals surface area contributed by atoms with Gasteiger partial charge in [0.1, 0.15) is 17.5 Å². The third-order valence-corrected chi connectivity index (χ3v) is 5.82.